The van der Waals surface area contributed by atoms with E-state index in [0.717, 1.165) is 52.8 Å². The van der Waals surface area contributed by atoms with Crippen LogP contribution in [0, 0.1) is 0 Å². The van der Waals surface area contributed by atoms with Gasteiger partial charge in [-0.15, -0.1) is 0 Å². The van der Waals surface area contributed by atoms with Gasteiger partial charge in [0.25, 0.3) is 0 Å². The van der Waals surface area contributed by atoms with Crippen LogP contribution in [-0.4, -0.2) is 15.0 Å². The van der Waals surface area contributed by atoms with Crippen LogP contribution < -0.4 is 11.3 Å². The number of aryl methyl sites for hydroxylation is 1. The summed E-state index contributed by atoms with van der Waals surface area (Å²) in [6.45, 7) is 0. The van der Waals surface area contributed by atoms with E-state index in [1.165, 1.54) is 0 Å². The summed E-state index contributed by atoms with van der Waals surface area (Å²) in [5, 5.41) is 1.08. The van der Waals surface area contributed by atoms with Crippen LogP contribution in [-0.2, 0) is 12.8 Å². The van der Waals surface area contributed by atoms with Gasteiger partial charge in [0.05, 0.1) is 5.52 Å². The maximum absolute atomic E-state index is 5.63. The first-order valence-corrected chi connectivity index (χ1v) is 7.07. The first kappa shape index (κ1) is 12.2. The third-order valence-corrected chi connectivity index (χ3v) is 3.94. The molecular formula is C16H15N5. The molecule has 0 amide bonds. The van der Waals surface area contributed by atoms with Crippen LogP contribution in [0.2, 0.25) is 0 Å². The molecule has 0 atom stereocenters. The Morgan fingerprint density at radius 1 is 1.05 bits per heavy atom. The Kier molecular flexibility index (Phi) is 2.79. The minimum absolute atomic E-state index is 0.688. The van der Waals surface area contributed by atoms with E-state index in [9.17, 15) is 0 Å². The molecule has 5 nitrogen and oxygen atoms in total. The molecule has 4 rings (SSSR count). The van der Waals surface area contributed by atoms with E-state index in [1.807, 2.05) is 30.3 Å². The van der Waals surface area contributed by atoms with Gasteiger partial charge < -0.3 is 5.43 Å². The molecule has 1 aromatic carbocycles. The lowest BCUT2D eigenvalue weighted by molar-refractivity contribution is 0.900. The number of nitrogen functional groups attached to an aromatic ring is 1. The third kappa shape index (κ3) is 1.94. The molecule has 1 aliphatic rings. The fourth-order valence-electron chi connectivity index (χ4n) is 2.96. The van der Waals surface area contributed by atoms with Crippen LogP contribution in [0.3, 0.4) is 0 Å². The standard InChI is InChI=1S/C16H15N5/c17-21-16-11-6-2-8-13(11)19-15(20-16)12-7-1-4-10-5-3-9-18-14(10)12/h1,3-5,7,9H,2,6,8,17H2,(H,19,20,21). The first-order valence-electron chi connectivity index (χ1n) is 7.07. The average molecular weight is 277 g/mol. The van der Waals surface area contributed by atoms with Crippen molar-refractivity contribution < 1.29 is 0 Å². The van der Waals surface area contributed by atoms with Crippen LogP contribution in [0.4, 0.5) is 5.82 Å². The molecular weight excluding hydrogens is 262 g/mol. The molecule has 2 aromatic heterocycles. The summed E-state index contributed by atoms with van der Waals surface area (Å²) >= 11 is 0. The van der Waals surface area contributed by atoms with Gasteiger partial charge in [-0.2, -0.15) is 0 Å². The SMILES string of the molecule is NNc1nc(-c2cccc3cccnc23)nc2c1CCC2. The van der Waals surface area contributed by atoms with Gasteiger partial charge in [0, 0.05) is 28.4 Å². The van der Waals surface area contributed by atoms with Crippen molar-refractivity contribution >= 4 is 16.7 Å². The Balaban J connectivity index is 1.97. The van der Waals surface area contributed by atoms with Gasteiger partial charge in [0.1, 0.15) is 5.82 Å². The second-order valence-corrected chi connectivity index (χ2v) is 5.20. The molecule has 0 saturated heterocycles. The van der Waals surface area contributed by atoms with E-state index >= 15 is 0 Å². The number of anilines is 1. The molecule has 0 spiro atoms. The molecule has 2 heterocycles. The summed E-state index contributed by atoms with van der Waals surface area (Å²) in [6, 6.07) is 10.0. The average Bonchev–Trinajstić information content (AvgIpc) is 3.02. The Morgan fingerprint density at radius 3 is 2.86 bits per heavy atom. The minimum atomic E-state index is 0.688. The lowest BCUT2D eigenvalue weighted by Crippen LogP contribution is -2.13. The molecule has 0 aliphatic heterocycles. The van der Waals surface area contributed by atoms with Gasteiger partial charge in [-0.1, -0.05) is 18.2 Å². The second-order valence-electron chi connectivity index (χ2n) is 5.20. The number of hydrogen-bond acceptors (Lipinski definition) is 5. The van der Waals surface area contributed by atoms with Crippen molar-refractivity contribution in [2.75, 3.05) is 5.43 Å². The summed E-state index contributed by atoms with van der Waals surface area (Å²) < 4.78 is 0. The highest BCUT2D eigenvalue weighted by Gasteiger charge is 2.20. The van der Waals surface area contributed by atoms with E-state index in [-0.39, 0.29) is 0 Å². The zero-order chi connectivity index (χ0) is 14.2. The number of rotatable bonds is 2. The number of para-hydroxylation sites is 1. The van der Waals surface area contributed by atoms with Crippen LogP contribution in [0.5, 0.6) is 0 Å². The minimum Gasteiger partial charge on any atom is -0.308 e. The second kappa shape index (κ2) is 4.79. The number of hydrogen-bond donors (Lipinski definition) is 2. The number of pyridine rings is 1. The van der Waals surface area contributed by atoms with E-state index < -0.39 is 0 Å². The molecule has 3 N–H and O–H groups in total. The van der Waals surface area contributed by atoms with Crippen molar-refractivity contribution in [3.8, 4) is 11.4 Å². The van der Waals surface area contributed by atoms with Crippen molar-refractivity contribution in [1.29, 1.82) is 0 Å². The van der Waals surface area contributed by atoms with Crippen molar-refractivity contribution in [3.63, 3.8) is 0 Å². The highest BCUT2D eigenvalue weighted by atomic mass is 15.3. The van der Waals surface area contributed by atoms with Crippen LogP contribution >= 0.6 is 0 Å². The van der Waals surface area contributed by atoms with Crippen LogP contribution in [0.1, 0.15) is 17.7 Å². The fraction of sp³-hybridized carbons (Fsp3) is 0.188. The molecule has 0 fully saturated rings. The maximum Gasteiger partial charge on any atom is 0.164 e. The molecule has 21 heavy (non-hydrogen) atoms. The first-order chi connectivity index (χ1) is 10.4. The number of nitrogens with two attached hydrogens (primary N) is 1. The van der Waals surface area contributed by atoms with Gasteiger partial charge >= 0.3 is 0 Å². The summed E-state index contributed by atoms with van der Waals surface area (Å²) in [6.07, 6.45) is 4.87. The van der Waals surface area contributed by atoms with E-state index in [2.05, 4.69) is 15.4 Å². The largest absolute Gasteiger partial charge is 0.308 e. The summed E-state index contributed by atoms with van der Waals surface area (Å²) in [5.74, 6) is 7.05. The maximum atomic E-state index is 5.63. The molecule has 0 bridgehead atoms. The predicted molar refractivity (Wildman–Crippen MR) is 82.6 cm³/mol. The number of aromatic nitrogens is 3. The predicted octanol–water partition coefficient (Wildman–Crippen LogP) is 2.47. The van der Waals surface area contributed by atoms with E-state index in [4.69, 9.17) is 10.8 Å². The quantitative estimate of drug-likeness (QED) is 0.556. The Hall–Kier alpha value is -2.53. The highest BCUT2D eigenvalue weighted by molar-refractivity contribution is 5.91. The smallest absolute Gasteiger partial charge is 0.164 e. The topological polar surface area (TPSA) is 76.7 Å². The number of hydrazine groups is 1. The number of nitrogens with zero attached hydrogens (tertiary/aromatic N) is 3. The molecule has 1 aliphatic carbocycles. The number of nitrogens with one attached hydrogen (secondary N) is 1. The lowest BCUT2D eigenvalue weighted by Gasteiger charge is -2.10. The summed E-state index contributed by atoms with van der Waals surface area (Å²) in [5.41, 5.74) is 6.82. The Labute approximate surface area is 122 Å². The van der Waals surface area contributed by atoms with Crippen molar-refractivity contribution in [1.82, 2.24) is 15.0 Å². The van der Waals surface area contributed by atoms with Gasteiger partial charge in [0.2, 0.25) is 0 Å². The lowest BCUT2D eigenvalue weighted by atomic mass is 10.1. The van der Waals surface area contributed by atoms with Gasteiger partial charge in [0.15, 0.2) is 5.82 Å². The summed E-state index contributed by atoms with van der Waals surface area (Å²) in [7, 11) is 0. The van der Waals surface area contributed by atoms with E-state index in [1.54, 1.807) is 6.20 Å². The molecule has 0 unspecified atom stereocenters. The van der Waals surface area contributed by atoms with Crippen molar-refractivity contribution in [3.05, 3.63) is 47.8 Å². The normalized spacial score (nSPS) is 13.4. The Morgan fingerprint density at radius 2 is 1.95 bits per heavy atom. The van der Waals surface area contributed by atoms with Crippen molar-refractivity contribution in [2.24, 2.45) is 5.84 Å². The molecule has 5 heteroatoms. The van der Waals surface area contributed by atoms with Gasteiger partial charge in [-0.25, -0.2) is 15.8 Å². The highest BCUT2D eigenvalue weighted by Crippen LogP contribution is 2.30. The fourth-order valence-corrected chi connectivity index (χ4v) is 2.96. The number of benzene rings is 1. The van der Waals surface area contributed by atoms with Crippen LogP contribution in [0.15, 0.2) is 36.5 Å². The van der Waals surface area contributed by atoms with Gasteiger partial charge in [-0.3, -0.25) is 4.98 Å². The zero-order valence-electron chi connectivity index (χ0n) is 11.5. The number of fused-ring (bicyclic) bond motifs is 2. The summed E-state index contributed by atoms with van der Waals surface area (Å²) in [4.78, 5) is 13.8. The molecule has 0 radical (unpaired) electrons. The zero-order valence-corrected chi connectivity index (χ0v) is 11.5. The van der Waals surface area contributed by atoms with Gasteiger partial charge in [-0.05, 0) is 31.4 Å². The Bertz CT molecular complexity index is 823. The molecule has 3 aromatic rings. The van der Waals surface area contributed by atoms with Crippen molar-refractivity contribution in [2.45, 2.75) is 19.3 Å². The monoisotopic (exact) mass is 277 g/mol. The van der Waals surface area contributed by atoms with E-state index in [0.29, 0.717) is 5.82 Å². The van der Waals surface area contributed by atoms with Crippen LogP contribution in [0.25, 0.3) is 22.3 Å². The third-order valence-electron chi connectivity index (χ3n) is 3.94. The molecule has 0 saturated carbocycles. The molecule has 104 valence electrons.